The number of primary amides is 1. The first-order valence-corrected chi connectivity index (χ1v) is 5.83. The molecule has 0 radical (unpaired) electrons. The summed E-state index contributed by atoms with van der Waals surface area (Å²) in [7, 11) is 0. The van der Waals surface area contributed by atoms with Crippen LogP contribution in [0.1, 0.15) is 25.5 Å². The summed E-state index contributed by atoms with van der Waals surface area (Å²) >= 11 is 0. The summed E-state index contributed by atoms with van der Waals surface area (Å²) in [4.78, 5) is 22.9. The lowest BCUT2D eigenvalue weighted by Gasteiger charge is -2.20. The number of carbonyl (C=O) groups is 2. The second-order valence-corrected chi connectivity index (χ2v) is 3.89. The molecule has 0 bridgehead atoms. The van der Waals surface area contributed by atoms with Crippen molar-refractivity contribution in [2.75, 3.05) is 6.61 Å². The first kappa shape index (κ1) is 14.2. The minimum Gasteiger partial charge on any atom is -0.465 e. The van der Waals surface area contributed by atoms with E-state index in [0.29, 0.717) is 0 Å². The van der Waals surface area contributed by atoms with E-state index in [0.717, 1.165) is 5.56 Å². The van der Waals surface area contributed by atoms with Crippen LogP contribution in [0, 0.1) is 0 Å². The molecule has 1 aromatic rings. The summed E-state index contributed by atoms with van der Waals surface area (Å²) in [5.41, 5.74) is 5.92. The van der Waals surface area contributed by atoms with Gasteiger partial charge in [-0.15, -0.1) is 0 Å². The molecule has 18 heavy (non-hydrogen) atoms. The highest BCUT2D eigenvalue weighted by Gasteiger charge is 2.24. The first-order chi connectivity index (χ1) is 8.56. The second-order valence-electron chi connectivity index (χ2n) is 3.89. The third kappa shape index (κ3) is 3.85. The Kier molecular flexibility index (Phi) is 5.32. The van der Waals surface area contributed by atoms with Crippen molar-refractivity contribution in [1.82, 2.24) is 5.32 Å². The molecule has 2 atom stereocenters. The Morgan fingerprint density at radius 3 is 2.44 bits per heavy atom. The van der Waals surface area contributed by atoms with Crippen LogP contribution in [0.5, 0.6) is 0 Å². The monoisotopic (exact) mass is 250 g/mol. The van der Waals surface area contributed by atoms with Gasteiger partial charge in [0.15, 0.2) is 0 Å². The summed E-state index contributed by atoms with van der Waals surface area (Å²) in [6.45, 7) is 3.63. The highest BCUT2D eigenvalue weighted by atomic mass is 16.5. The van der Waals surface area contributed by atoms with E-state index in [1.807, 2.05) is 18.2 Å². The zero-order valence-corrected chi connectivity index (χ0v) is 10.6. The number of benzene rings is 1. The maximum atomic E-state index is 11.9. The van der Waals surface area contributed by atoms with Gasteiger partial charge in [0.2, 0.25) is 5.91 Å². The lowest BCUT2D eigenvalue weighted by atomic mass is 10.1. The summed E-state index contributed by atoms with van der Waals surface area (Å²) in [5.74, 6) is -0.933. The van der Waals surface area contributed by atoms with Gasteiger partial charge in [-0.3, -0.25) is 10.1 Å². The van der Waals surface area contributed by atoms with E-state index in [2.05, 4.69) is 5.32 Å². The zero-order chi connectivity index (χ0) is 13.5. The number of carbonyl (C=O) groups excluding carboxylic acids is 2. The van der Waals surface area contributed by atoms with Gasteiger partial charge in [-0.25, -0.2) is 4.79 Å². The van der Waals surface area contributed by atoms with Crippen LogP contribution in [0.4, 0.5) is 0 Å². The van der Waals surface area contributed by atoms with Gasteiger partial charge in [0.1, 0.15) is 6.04 Å². The molecule has 5 heteroatoms. The van der Waals surface area contributed by atoms with E-state index in [-0.39, 0.29) is 6.61 Å². The van der Waals surface area contributed by atoms with Crippen LogP contribution >= 0.6 is 0 Å². The van der Waals surface area contributed by atoms with Gasteiger partial charge in [-0.1, -0.05) is 30.3 Å². The van der Waals surface area contributed by atoms with Crippen LogP contribution in [0.15, 0.2) is 30.3 Å². The lowest BCUT2D eigenvalue weighted by Crippen LogP contribution is -2.43. The predicted octanol–water partition coefficient (Wildman–Crippen LogP) is 0.754. The van der Waals surface area contributed by atoms with Crippen LogP contribution in [-0.2, 0) is 14.3 Å². The molecular formula is C13H18N2O3. The number of amides is 1. The van der Waals surface area contributed by atoms with Crippen molar-refractivity contribution < 1.29 is 14.3 Å². The molecule has 0 saturated heterocycles. The summed E-state index contributed by atoms with van der Waals surface area (Å²) in [6, 6.07) is 7.78. The molecule has 0 aromatic heterocycles. The third-order valence-corrected chi connectivity index (χ3v) is 2.50. The molecule has 2 unspecified atom stereocenters. The number of nitrogens with two attached hydrogens (primary N) is 1. The molecule has 5 nitrogen and oxygen atoms in total. The molecule has 0 aliphatic heterocycles. The average Bonchev–Trinajstić information content (AvgIpc) is 2.36. The van der Waals surface area contributed by atoms with Crippen LogP contribution in [0.3, 0.4) is 0 Å². The number of hydrogen-bond donors (Lipinski definition) is 2. The Balaban J connectivity index is 2.89. The quantitative estimate of drug-likeness (QED) is 0.730. The number of esters is 1. The van der Waals surface area contributed by atoms with Gasteiger partial charge in [-0.05, 0) is 19.4 Å². The van der Waals surface area contributed by atoms with Crippen LogP contribution < -0.4 is 11.1 Å². The van der Waals surface area contributed by atoms with Crippen molar-refractivity contribution in [3.8, 4) is 0 Å². The van der Waals surface area contributed by atoms with Crippen molar-refractivity contribution in [2.24, 2.45) is 5.73 Å². The van der Waals surface area contributed by atoms with Crippen molar-refractivity contribution in [1.29, 1.82) is 0 Å². The fourth-order valence-corrected chi connectivity index (χ4v) is 1.50. The van der Waals surface area contributed by atoms with Gasteiger partial charge in [0.25, 0.3) is 0 Å². The smallest absolute Gasteiger partial charge is 0.327 e. The van der Waals surface area contributed by atoms with Crippen LogP contribution in [-0.4, -0.2) is 24.5 Å². The Bertz CT molecular complexity index is 406. The number of rotatable bonds is 6. The lowest BCUT2D eigenvalue weighted by molar-refractivity contribution is -0.146. The molecule has 0 aliphatic rings. The maximum Gasteiger partial charge on any atom is 0.327 e. The molecule has 0 aliphatic carbocycles. The molecule has 1 rings (SSSR count). The van der Waals surface area contributed by atoms with Crippen LogP contribution in [0.2, 0.25) is 0 Å². The van der Waals surface area contributed by atoms with E-state index in [9.17, 15) is 9.59 Å². The van der Waals surface area contributed by atoms with E-state index in [4.69, 9.17) is 10.5 Å². The molecule has 0 fully saturated rings. The molecule has 1 aromatic carbocycles. The minimum atomic E-state index is -0.686. The van der Waals surface area contributed by atoms with Crippen LogP contribution in [0.25, 0.3) is 0 Å². The Labute approximate surface area is 106 Å². The van der Waals surface area contributed by atoms with E-state index >= 15 is 0 Å². The van der Waals surface area contributed by atoms with Crippen molar-refractivity contribution >= 4 is 11.9 Å². The number of hydrogen-bond acceptors (Lipinski definition) is 4. The highest BCUT2D eigenvalue weighted by molar-refractivity contribution is 5.82. The zero-order valence-electron chi connectivity index (χ0n) is 10.6. The van der Waals surface area contributed by atoms with Crippen molar-refractivity contribution in [3.63, 3.8) is 0 Å². The first-order valence-electron chi connectivity index (χ1n) is 5.83. The van der Waals surface area contributed by atoms with E-state index < -0.39 is 24.0 Å². The van der Waals surface area contributed by atoms with Gasteiger partial charge >= 0.3 is 5.97 Å². The summed E-state index contributed by atoms with van der Waals surface area (Å²) < 4.78 is 4.99. The standard InChI is InChI=1S/C13H18N2O3/c1-3-18-13(17)11(15-9(2)12(14)16)10-7-5-4-6-8-10/h4-9,11,15H,3H2,1-2H3,(H2,14,16). The Morgan fingerprint density at radius 1 is 1.33 bits per heavy atom. The molecular weight excluding hydrogens is 232 g/mol. The fraction of sp³-hybridized carbons (Fsp3) is 0.385. The Hall–Kier alpha value is -1.88. The van der Waals surface area contributed by atoms with Gasteiger partial charge in [-0.2, -0.15) is 0 Å². The summed E-state index contributed by atoms with van der Waals surface area (Å²) in [6.07, 6.45) is 0. The normalized spacial score (nSPS) is 13.7. The van der Waals surface area contributed by atoms with Crippen molar-refractivity contribution in [3.05, 3.63) is 35.9 Å². The number of nitrogens with one attached hydrogen (secondary N) is 1. The van der Waals surface area contributed by atoms with E-state index in [1.54, 1.807) is 26.0 Å². The highest BCUT2D eigenvalue weighted by Crippen LogP contribution is 2.15. The molecule has 1 amide bonds. The summed E-state index contributed by atoms with van der Waals surface area (Å²) in [5, 5.41) is 2.87. The molecule has 3 N–H and O–H groups in total. The molecule has 0 saturated carbocycles. The second kappa shape index (κ2) is 6.76. The third-order valence-electron chi connectivity index (χ3n) is 2.50. The fourth-order valence-electron chi connectivity index (χ4n) is 1.50. The van der Waals surface area contributed by atoms with Gasteiger partial charge in [0, 0.05) is 0 Å². The van der Waals surface area contributed by atoms with Gasteiger partial charge in [0.05, 0.1) is 12.6 Å². The minimum absolute atomic E-state index is 0.287. The topological polar surface area (TPSA) is 81.4 Å². The molecule has 98 valence electrons. The predicted molar refractivity (Wildman–Crippen MR) is 67.6 cm³/mol. The Morgan fingerprint density at radius 2 is 1.94 bits per heavy atom. The van der Waals surface area contributed by atoms with Gasteiger partial charge < -0.3 is 10.5 Å². The SMILES string of the molecule is CCOC(=O)C(NC(C)C(N)=O)c1ccccc1. The molecule has 0 heterocycles. The molecule has 0 spiro atoms. The number of ether oxygens (including phenoxy) is 1. The largest absolute Gasteiger partial charge is 0.465 e. The van der Waals surface area contributed by atoms with E-state index in [1.165, 1.54) is 0 Å². The van der Waals surface area contributed by atoms with Crippen molar-refractivity contribution in [2.45, 2.75) is 25.9 Å². The average molecular weight is 250 g/mol. The maximum absolute atomic E-state index is 11.9.